The molecule has 0 saturated heterocycles. The van der Waals surface area contributed by atoms with E-state index in [9.17, 15) is 0 Å². The van der Waals surface area contributed by atoms with Crippen LogP contribution in [0.15, 0.2) is 0 Å². The van der Waals surface area contributed by atoms with Crippen molar-refractivity contribution in [3.63, 3.8) is 0 Å². The summed E-state index contributed by atoms with van der Waals surface area (Å²) in [7, 11) is 2.23. The molecule has 1 saturated carbocycles. The highest BCUT2D eigenvalue weighted by Crippen LogP contribution is 2.24. The van der Waals surface area contributed by atoms with Crippen LogP contribution in [-0.4, -0.2) is 30.4 Å². The van der Waals surface area contributed by atoms with E-state index in [0.717, 1.165) is 19.0 Å². The van der Waals surface area contributed by atoms with Crippen LogP contribution >= 0.6 is 0 Å². The Morgan fingerprint density at radius 1 is 1.24 bits per heavy atom. The van der Waals surface area contributed by atoms with Crippen molar-refractivity contribution in [2.75, 3.05) is 13.6 Å². The maximum Gasteiger partial charge on any atom is 0.0963 e. The van der Waals surface area contributed by atoms with Crippen molar-refractivity contribution in [3.05, 3.63) is 0 Å². The smallest absolute Gasteiger partial charge is 0.0963 e. The Morgan fingerprint density at radius 2 is 1.76 bits per heavy atom. The highest BCUT2D eigenvalue weighted by molar-refractivity contribution is 5.82. The highest BCUT2D eigenvalue weighted by atomic mass is 15.1. The third kappa shape index (κ3) is 4.66. The normalized spacial score (nSPS) is 19.3. The van der Waals surface area contributed by atoms with Crippen molar-refractivity contribution in [2.24, 2.45) is 11.1 Å². The molecular formula is C14H29N3. The number of nitrogens with zero attached hydrogens (tertiary/aromatic N) is 1. The first-order valence-corrected chi connectivity index (χ1v) is 6.98. The van der Waals surface area contributed by atoms with Gasteiger partial charge in [0.25, 0.3) is 0 Å². The fraction of sp³-hybridized carbons (Fsp3) is 0.929. The Kier molecular flexibility index (Phi) is 5.44. The fourth-order valence-electron chi connectivity index (χ4n) is 2.47. The van der Waals surface area contributed by atoms with Gasteiger partial charge in [0.05, 0.1) is 5.84 Å². The highest BCUT2D eigenvalue weighted by Gasteiger charge is 2.24. The Hall–Kier alpha value is -0.570. The standard InChI is InChI=1S/C14H29N3/c1-14(2,13(15)16)10-11-17(3)12-8-6-4-5-7-9-12/h12H,4-11H2,1-3H3,(H3,15,16). The summed E-state index contributed by atoms with van der Waals surface area (Å²) in [6.45, 7) is 5.18. The summed E-state index contributed by atoms with van der Waals surface area (Å²) in [6.07, 6.45) is 9.24. The maximum atomic E-state index is 7.58. The fourth-order valence-corrected chi connectivity index (χ4v) is 2.47. The molecule has 0 aromatic heterocycles. The lowest BCUT2D eigenvalue weighted by Crippen LogP contribution is -2.38. The third-order valence-corrected chi connectivity index (χ3v) is 4.27. The zero-order chi connectivity index (χ0) is 12.9. The SMILES string of the molecule is CN(CCC(C)(C)C(=N)N)C1CCCCCC1. The predicted octanol–water partition coefficient (Wildman–Crippen LogP) is 2.99. The Morgan fingerprint density at radius 3 is 2.24 bits per heavy atom. The van der Waals surface area contributed by atoms with Crippen LogP contribution in [0, 0.1) is 10.8 Å². The van der Waals surface area contributed by atoms with Crippen LogP contribution < -0.4 is 5.73 Å². The zero-order valence-corrected chi connectivity index (χ0v) is 11.8. The number of hydrogen-bond donors (Lipinski definition) is 2. The van der Waals surface area contributed by atoms with Gasteiger partial charge in [0, 0.05) is 11.5 Å². The zero-order valence-electron chi connectivity index (χ0n) is 11.8. The molecule has 3 heteroatoms. The van der Waals surface area contributed by atoms with Crippen LogP contribution in [0.3, 0.4) is 0 Å². The number of nitrogens with two attached hydrogens (primary N) is 1. The number of amidine groups is 1. The van der Waals surface area contributed by atoms with Crippen molar-refractivity contribution in [1.82, 2.24) is 4.90 Å². The van der Waals surface area contributed by atoms with Gasteiger partial charge < -0.3 is 10.6 Å². The molecule has 1 aliphatic rings. The molecule has 0 atom stereocenters. The van der Waals surface area contributed by atoms with Crippen LogP contribution in [0.2, 0.25) is 0 Å². The minimum absolute atomic E-state index is 0.154. The molecule has 1 aliphatic carbocycles. The van der Waals surface area contributed by atoms with Gasteiger partial charge >= 0.3 is 0 Å². The molecule has 3 N–H and O–H groups in total. The second-order valence-corrected chi connectivity index (χ2v) is 6.17. The van der Waals surface area contributed by atoms with E-state index >= 15 is 0 Å². The van der Waals surface area contributed by atoms with Crippen molar-refractivity contribution < 1.29 is 0 Å². The third-order valence-electron chi connectivity index (χ3n) is 4.27. The summed E-state index contributed by atoms with van der Waals surface area (Å²) >= 11 is 0. The first-order chi connectivity index (χ1) is 7.93. The van der Waals surface area contributed by atoms with Crippen molar-refractivity contribution >= 4 is 5.84 Å². The molecule has 0 amide bonds. The Balaban J connectivity index is 2.37. The molecule has 1 rings (SSSR count). The van der Waals surface area contributed by atoms with Gasteiger partial charge in [0.1, 0.15) is 0 Å². The van der Waals surface area contributed by atoms with Gasteiger partial charge in [-0.25, -0.2) is 0 Å². The number of hydrogen-bond acceptors (Lipinski definition) is 2. The molecule has 100 valence electrons. The van der Waals surface area contributed by atoms with Gasteiger partial charge in [-0.1, -0.05) is 39.5 Å². The van der Waals surface area contributed by atoms with Gasteiger partial charge in [0.2, 0.25) is 0 Å². The van der Waals surface area contributed by atoms with E-state index in [2.05, 4.69) is 25.8 Å². The molecule has 0 unspecified atom stereocenters. The van der Waals surface area contributed by atoms with Gasteiger partial charge in [-0.2, -0.15) is 0 Å². The molecular weight excluding hydrogens is 210 g/mol. The Labute approximate surface area is 106 Å². The van der Waals surface area contributed by atoms with Crippen LogP contribution in [0.25, 0.3) is 0 Å². The largest absolute Gasteiger partial charge is 0.387 e. The summed E-state index contributed by atoms with van der Waals surface area (Å²) in [4.78, 5) is 2.48. The number of rotatable bonds is 5. The van der Waals surface area contributed by atoms with Crippen molar-refractivity contribution in [2.45, 2.75) is 64.8 Å². The quantitative estimate of drug-likeness (QED) is 0.440. The van der Waals surface area contributed by atoms with Crippen molar-refractivity contribution in [1.29, 1.82) is 5.41 Å². The molecule has 0 bridgehead atoms. The molecule has 0 spiro atoms. The molecule has 0 aromatic rings. The lowest BCUT2D eigenvalue weighted by Gasteiger charge is -2.31. The summed E-state index contributed by atoms with van der Waals surface area (Å²) in [5.41, 5.74) is 5.47. The summed E-state index contributed by atoms with van der Waals surface area (Å²) in [5.74, 6) is 0.312. The average Bonchev–Trinajstić information content (AvgIpc) is 2.54. The van der Waals surface area contributed by atoms with E-state index in [1.807, 2.05) is 0 Å². The molecule has 3 nitrogen and oxygen atoms in total. The Bertz CT molecular complexity index is 240. The van der Waals surface area contributed by atoms with Crippen LogP contribution in [0.4, 0.5) is 0 Å². The lowest BCUT2D eigenvalue weighted by molar-refractivity contribution is 0.202. The van der Waals surface area contributed by atoms with Gasteiger partial charge in [-0.3, -0.25) is 5.41 Å². The first kappa shape index (κ1) is 14.5. The second-order valence-electron chi connectivity index (χ2n) is 6.17. The minimum atomic E-state index is -0.154. The van der Waals surface area contributed by atoms with E-state index < -0.39 is 0 Å². The van der Waals surface area contributed by atoms with E-state index in [4.69, 9.17) is 11.1 Å². The van der Waals surface area contributed by atoms with Crippen LogP contribution in [0.5, 0.6) is 0 Å². The van der Waals surface area contributed by atoms with E-state index in [1.165, 1.54) is 38.5 Å². The molecule has 1 fully saturated rings. The predicted molar refractivity (Wildman–Crippen MR) is 74.4 cm³/mol. The molecule has 0 heterocycles. The van der Waals surface area contributed by atoms with Crippen molar-refractivity contribution in [3.8, 4) is 0 Å². The molecule has 0 aliphatic heterocycles. The molecule has 17 heavy (non-hydrogen) atoms. The van der Waals surface area contributed by atoms with Gasteiger partial charge in [-0.15, -0.1) is 0 Å². The van der Waals surface area contributed by atoms with E-state index in [-0.39, 0.29) is 5.41 Å². The van der Waals surface area contributed by atoms with Crippen LogP contribution in [-0.2, 0) is 0 Å². The minimum Gasteiger partial charge on any atom is -0.387 e. The first-order valence-electron chi connectivity index (χ1n) is 6.98. The monoisotopic (exact) mass is 239 g/mol. The average molecular weight is 239 g/mol. The molecule has 0 aromatic carbocycles. The topological polar surface area (TPSA) is 53.1 Å². The van der Waals surface area contributed by atoms with E-state index in [1.54, 1.807) is 0 Å². The van der Waals surface area contributed by atoms with Crippen LogP contribution in [0.1, 0.15) is 58.8 Å². The second kappa shape index (κ2) is 6.39. The van der Waals surface area contributed by atoms with Gasteiger partial charge in [-0.05, 0) is 32.9 Å². The number of nitrogens with one attached hydrogen (secondary N) is 1. The lowest BCUT2D eigenvalue weighted by atomic mass is 9.87. The van der Waals surface area contributed by atoms with Gasteiger partial charge in [0.15, 0.2) is 0 Å². The summed E-state index contributed by atoms with van der Waals surface area (Å²) in [5, 5.41) is 7.58. The molecule has 0 radical (unpaired) electrons. The maximum absolute atomic E-state index is 7.58. The summed E-state index contributed by atoms with van der Waals surface area (Å²) in [6, 6.07) is 0.750. The van der Waals surface area contributed by atoms with E-state index in [0.29, 0.717) is 5.84 Å². The summed E-state index contributed by atoms with van der Waals surface area (Å²) < 4.78 is 0.